The van der Waals surface area contributed by atoms with Crippen LogP contribution in [0.15, 0.2) is 29.3 Å². The minimum atomic E-state index is 0. The number of amides is 1. The van der Waals surface area contributed by atoms with E-state index in [1.807, 2.05) is 18.2 Å². The van der Waals surface area contributed by atoms with Crippen LogP contribution in [0.5, 0.6) is 0 Å². The summed E-state index contributed by atoms with van der Waals surface area (Å²) in [5.74, 6) is 2.09. The number of carbonyl (C=O) groups is 1. The Labute approximate surface area is 179 Å². The van der Waals surface area contributed by atoms with E-state index in [0.717, 1.165) is 37.2 Å². The molecule has 4 rings (SSSR count). The van der Waals surface area contributed by atoms with Gasteiger partial charge in [0.15, 0.2) is 5.96 Å². The van der Waals surface area contributed by atoms with Crippen LogP contribution >= 0.6 is 24.0 Å². The molecule has 0 saturated heterocycles. The second kappa shape index (κ2) is 8.80. The topological polar surface area (TPSA) is 65.5 Å². The lowest BCUT2D eigenvalue weighted by atomic mass is 9.65. The average Bonchev–Trinajstić information content (AvgIpc) is 3.43. The van der Waals surface area contributed by atoms with E-state index in [1.54, 1.807) is 0 Å². The maximum absolute atomic E-state index is 12.0. The SMILES string of the molecule is CCNC(=NCC1(C2CC2)CCC1)NCC1CC(=O)Nc2ccccc21.I. The zero-order chi connectivity index (χ0) is 18.0. The zero-order valence-electron chi connectivity index (χ0n) is 16.1. The number of guanidine groups is 1. The minimum Gasteiger partial charge on any atom is -0.357 e. The summed E-state index contributed by atoms with van der Waals surface area (Å²) in [5, 5.41) is 9.84. The van der Waals surface area contributed by atoms with E-state index in [0.29, 0.717) is 11.8 Å². The summed E-state index contributed by atoms with van der Waals surface area (Å²) in [7, 11) is 0. The van der Waals surface area contributed by atoms with E-state index in [9.17, 15) is 4.79 Å². The molecule has 1 heterocycles. The second-order valence-corrected chi connectivity index (χ2v) is 8.10. The molecular formula is C21H31IN4O. The third-order valence-corrected chi connectivity index (χ3v) is 6.31. The number of carbonyl (C=O) groups excluding carboxylic acids is 1. The van der Waals surface area contributed by atoms with Crippen molar-refractivity contribution in [3.63, 3.8) is 0 Å². The predicted octanol–water partition coefficient (Wildman–Crippen LogP) is 3.87. The summed E-state index contributed by atoms with van der Waals surface area (Å²) >= 11 is 0. The number of aliphatic imine (C=N–C) groups is 1. The van der Waals surface area contributed by atoms with Crippen molar-refractivity contribution >= 4 is 41.5 Å². The van der Waals surface area contributed by atoms with Crippen LogP contribution in [0.2, 0.25) is 0 Å². The lowest BCUT2D eigenvalue weighted by Crippen LogP contribution is -2.42. The van der Waals surface area contributed by atoms with Crippen molar-refractivity contribution in [1.82, 2.24) is 10.6 Å². The number of hydrogen-bond acceptors (Lipinski definition) is 2. The van der Waals surface area contributed by atoms with Crippen molar-refractivity contribution in [2.75, 3.05) is 25.0 Å². The first-order valence-corrected chi connectivity index (χ1v) is 10.1. The Bertz CT molecular complexity index is 697. The molecule has 1 aromatic carbocycles. The van der Waals surface area contributed by atoms with Gasteiger partial charge in [0.25, 0.3) is 0 Å². The number of fused-ring (bicyclic) bond motifs is 1. The molecular weight excluding hydrogens is 451 g/mol. The summed E-state index contributed by atoms with van der Waals surface area (Å²) in [6.45, 7) is 4.62. The molecule has 0 spiro atoms. The molecule has 0 bridgehead atoms. The number of nitrogens with one attached hydrogen (secondary N) is 3. The molecule has 0 radical (unpaired) electrons. The van der Waals surface area contributed by atoms with Crippen molar-refractivity contribution in [2.24, 2.45) is 16.3 Å². The second-order valence-electron chi connectivity index (χ2n) is 8.10. The summed E-state index contributed by atoms with van der Waals surface area (Å²) in [6.07, 6.45) is 7.37. The van der Waals surface area contributed by atoms with Crippen molar-refractivity contribution in [1.29, 1.82) is 0 Å². The van der Waals surface area contributed by atoms with E-state index in [-0.39, 0.29) is 35.8 Å². The molecule has 148 valence electrons. The fourth-order valence-corrected chi connectivity index (χ4v) is 4.50. The molecule has 1 aromatic rings. The summed E-state index contributed by atoms with van der Waals surface area (Å²) in [4.78, 5) is 16.9. The van der Waals surface area contributed by atoms with Gasteiger partial charge in [0.05, 0.1) is 0 Å². The van der Waals surface area contributed by atoms with Crippen molar-refractivity contribution < 1.29 is 4.79 Å². The molecule has 1 atom stereocenters. The molecule has 0 aromatic heterocycles. The van der Waals surface area contributed by atoms with Gasteiger partial charge in [0, 0.05) is 37.7 Å². The smallest absolute Gasteiger partial charge is 0.225 e. The number of benzene rings is 1. The zero-order valence-corrected chi connectivity index (χ0v) is 18.4. The maximum Gasteiger partial charge on any atom is 0.225 e. The van der Waals surface area contributed by atoms with Gasteiger partial charge < -0.3 is 16.0 Å². The maximum atomic E-state index is 12.0. The standard InChI is InChI=1S/C21H30N4O.HI/c1-2-22-20(24-14-21(10-5-11-21)16-8-9-16)23-13-15-12-19(26)25-18-7-4-3-6-17(15)18;/h3-4,6-7,15-16H,2,5,8-14H2,1H3,(H,25,26)(H2,22,23,24);1H. The van der Waals surface area contributed by atoms with Gasteiger partial charge in [0.1, 0.15) is 0 Å². The Morgan fingerprint density at radius 1 is 1.26 bits per heavy atom. The molecule has 2 saturated carbocycles. The van der Waals surface area contributed by atoms with Gasteiger partial charge in [0.2, 0.25) is 5.91 Å². The first-order chi connectivity index (χ1) is 12.7. The Morgan fingerprint density at radius 2 is 2.04 bits per heavy atom. The van der Waals surface area contributed by atoms with E-state index < -0.39 is 0 Å². The summed E-state index contributed by atoms with van der Waals surface area (Å²) in [5.41, 5.74) is 2.64. The summed E-state index contributed by atoms with van der Waals surface area (Å²) < 4.78 is 0. The van der Waals surface area contributed by atoms with Crippen LogP contribution < -0.4 is 16.0 Å². The average molecular weight is 482 g/mol. The number of para-hydroxylation sites is 1. The quantitative estimate of drug-likeness (QED) is 0.328. The molecule has 1 unspecified atom stereocenters. The molecule has 6 heteroatoms. The van der Waals surface area contributed by atoms with E-state index in [2.05, 4.69) is 28.9 Å². The molecule has 3 N–H and O–H groups in total. The number of halogens is 1. The molecule has 2 aliphatic carbocycles. The Balaban J connectivity index is 0.00000210. The van der Waals surface area contributed by atoms with Crippen molar-refractivity contribution in [3.8, 4) is 0 Å². The fraction of sp³-hybridized carbons (Fsp3) is 0.619. The fourth-order valence-electron chi connectivity index (χ4n) is 4.50. The van der Waals surface area contributed by atoms with Crippen molar-refractivity contribution in [2.45, 2.75) is 51.4 Å². The van der Waals surface area contributed by atoms with Crippen LogP contribution in [-0.4, -0.2) is 31.5 Å². The number of hydrogen-bond donors (Lipinski definition) is 3. The lowest BCUT2D eigenvalue weighted by Gasteiger charge is -2.41. The van der Waals surface area contributed by atoms with Gasteiger partial charge in [-0.25, -0.2) is 0 Å². The van der Waals surface area contributed by atoms with Crippen LogP contribution in [0.4, 0.5) is 5.69 Å². The van der Waals surface area contributed by atoms with E-state index in [1.165, 1.54) is 37.7 Å². The normalized spacial score (nSPS) is 23.4. The van der Waals surface area contributed by atoms with Gasteiger partial charge in [-0.05, 0) is 55.6 Å². The van der Waals surface area contributed by atoms with Crippen LogP contribution in [0.1, 0.15) is 56.9 Å². The third kappa shape index (κ3) is 4.58. The predicted molar refractivity (Wildman–Crippen MR) is 121 cm³/mol. The number of rotatable bonds is 6. The Hall–Kier alpha value is -1.31. The van der Waals surface area contributed by atoms with Gasteiger partial charge in [-0.3, -0.25) is 9.79 Å². The number of anilines is 1. The molecule has 3 aliphatic rings. The highest BCUT2D eigenvalue weighted by Gasteiger charge is 2.48. The largest absolute Gasteiger partial charge is 0.357 e. The van der Waals surface area contributed by atoms with E-state index >= 15 is 0 Å². The first-order valence-electron chi connectivity index (χ1n) is 10.1. The molecule has 5 nitrogen and oxygen atoms in total. The summed E-state index contributed by atoms with van der Waals surface area (Å²) in [6, 6.07) is 8.10. The van der Waals surface area contributed by atoms with Gasteiger partial charge in [-0.2, -0.15) is 0 Å². The highest BCUT2D eigenvalue weighted by molar-refractivity contribution is 14.0. The Morgan fingerprint density at radius 3 is 2.70 bits per heavy atom. The van der Waals surface area contributed by atoms with Crippen LogP contribution in [-0.2, 0) is 4.79 Å². The van der Waals surface area contributed by atoms with Crippen LogP contribution in [0.3, 0.4) is 0 Å². The highest BCUT2D eigenvalue weighted by Crippen LogP contribution is 2.57. The third-order valence-electron chi connectivity index (χ3n) is 6.31. The first kappa shape index (κ1) is 20.4. The van der Waals surface area contributed by atoms with Gasteiger partial charge in [-0.1, -0.05) is 24.6 Å². The molecule has 1 amide bonds. The monoisotopic (exact) mass is 482 g/mol. The molecule has 1 aliphatic heterocycles. The van der Waals surface area contributed by atoms with E-state index in [4.69, 9.17) is 4.99 Å². The number of nitrogens with zero attached hydrogens (tertiary/aromatic N) is 1. The van der Waals surface area contributed by atoms with Crippen molar-refractivity contribution in [3.05, 3.63) is 29.8 Å². The van der Waals surface area contributed by atoms with Gasteiger partial charge in [-0.15, -0.1) is 24.0 Å². The molecule has 27 heavy (non-hydrogen) atoms. The van der Waals surface area contributed by atoms with Crippen LogP contribution in [0.25, 0.3) is 0 Å². The Kier molecular flexibility index (Phi) is 6.65. The molecule has 2 fully saturated rings. The lowest BCUT2D eigenvalue weighted by molar-refractivity contribution is -0.116. The minimum absolute atomic E-state index is 0. The van der Waals surface area contributed by atoms with Gasteiger partial charge >= 0.3 is 0 Å². The van der Waals surface area contributed by atoms with Crippen LogP contribution in [0, 0.1) is 11.3 Å². The highest BCUT2D eigenvalue weighted by atomic mass is 127.